The van der Waals surface area contributed by atoms with Gasteiger partial charge >= 0.3 is 0 Å². The van der Waals surface area contributed by atoms with E-state index >= 15 is 0 Å². The minimum Gasteiger partial charge on any atom is -0.496 e. The lowest BCUT2D eigenvalue weighted by atomic mass is 10.1. The van der Waals surface area contributed by atoms with Gasteiger partial charge in [0.1, 0.15) is 23.5 Å². The quantitative estimate of drug-likeness (QED) is 0.912. The molecule has 0 aliphatic carbocycles. The van der Waals surface area contributed by atoms with Crippen molar-refractivity contribution >= 4 is 5.82 Å². The number of hydrogen-bond donors (Lipinski definition) is 1. The van der Waals surface area contributed by atoms with Gasteiger partial charge in [-0.1, -0.05) is 13.0 Å². The number of aryl methyl sites for hydroxylation is 1. The molecule has 19 heavy (non-hydrogen) atoms. The van der Waals surface area contributed by atoms with E-state index in [1.54, 1.807) is 18.7 Å². The molecule has 0 saturated carbocycles. The molecule has 5 nitrogen and oxygen atoms in total. The van der Waals surface area contributed by atoms with E-state index in [0.717, 1.165) is 17.7 Å². The number of hydrogen-bond acceptors (Lipinski definition) is 4. The minimum absolute atomic E-state index is 0.237. The molecule has 0 fully saturated rings. The van der Waals surface area contributed by atoms with Crippen LogP contribution in [0.25, 0.3) is 11.4 Å². The summed E-state index contributed by atoms with van der Waals surface area (Å²) in [6, 6.07) is 7.93. The summed E-state index contributed by atoms with van der Waals surface area (Å²) in [6.45, 7) is 2.08. The van der Waals surface area contributed by atoms with Crippen molar-refractivity contribution in [1.29, 1.82) is 5.26 Å². The first kappa shape index (κ1) is 13.0. The molecule has 2 aromatic rings. The molecule has 0 aliphatic heterocycles. The number of ether oxygens (including phenoxy) is 1. The lowest BCUT2D eigenvalue weighted by molar-refractivity contribution is 0.416. The summed E-state index contributed by atoms with van der Waals surface area (Å²) >= 11 is 0. The van der Waals surface area contributed by atoms with Crippen LogP contribution in [0.15, 0.2) is 18.2 Å². The van der Waals surface area contributed by atoms with Gasteiger partial charge in [0, 0.05) is 7.05 Å². The van der Waals surface area contributed by atoms with Gasteiger partial charge in [-0.25, -0.2) is 4.98 Å². The van der Waals surface area contributed by atoms with E-state index in [0.29, 0.717) is 11.6 Å². The van der Waals surface area contributed by atoms with E-state index < -0.39 is 0 Å². The first-order valence-corrected chi connectivity index (χ1v) is 6.01. The first-order valence-electron chi connectivity index (χ1n) is 6.01. The molecule has 0 saturated heterocycles. The number of nitrogens with two attached hydrogens (primary N) is 1. The van der Waals surface area contributed by atoms with Crippen molar-refractivity contribution in [3.05, 3.63) is 29.5 Å². The van der Waals surface area contributed by atoms with E-state index in [9.17, 15) is 0 Å². The number of anilines is 1. The monoisotopic (exact) mass is 256 g/mol. The Hall–Kier alpha value is -2.48. The number of methoxy groups -OCH3 is 1. The van der Waals surface area contributed by atoms with Crippen molar-refractivity contribution in [3.63, 3.8) is 0 Å². The molecule has 0 radical (unpaired) electrons. The van der Waals surface area contributed by atoms with Crippen LogP contribution >= 0.6 is 0 Å². The van der Waals surface area contributed by atoms with E-state index in [2.05, 4.69) is 11.9 Å². The molecule has 2 rings (SSSR count). The van der Waals surface area contributed by atoms with Crippen LogP contribution in [0, 0.1) is 11.3 Å². The summed E-state index contributed by atoms with van der Waals surface area (Å²) in [5.74, 6) is 1.72. The SMILES string of the molecule is CCc1ccc(OC)c(-c2nc(C#N)c(N)n2C)c1. The second-order valence-electron chi connectivity index (χ2n) is 4.23. The van der Waals surface area contributed by atoms with E-state index in [-0.39, 0.29) is 5.69 Å². The number of nitrogens with zero attached hydrogens (tertiary/aromatic N) is 3. The summed E-state index contributed by atoms with van der Waals surface area (Å²) in [6.07, 6.45) is 0.919. The van der Waals surface area contributed by atoms with Crippen LogP contribution in [-0.2, 0) is 13.5 Å². The van der Waals surface area contributed by atoms with Gasteiger partial charge in [-0.15, -0.1) is 0 Å². The van der Waals surface area contributed by atoms with Gasteiger partial charge in [-0.3, -0.25) is 0 Å². The third-order valence-corrected chi connectivity index (χ3v) is 3.16. The number of nitrogen functional groups attached to an aromatic ring is 1. The maximum Gasteiger partial charge on any atom is 0.183 e. The largest absolute Gasteiger partial charge is 0.496 e. The highest BCUT2D eigenvalue weighted by molar-refractivity contribution is 5.69. The van der Waals surface area contributed by atoms with Crippen molar-refractivity contribution in [3.8, 4) is 23.2 Å². The summed E-state index contributed by atoms with van der Waals surface area (Å²) in [5, 5.41) is 8.99. The average molecular weight is 256 g/mol. The predicted molar refractivity (Wildman–Crippen MR) is 73.7 cm³/mol. The Morgan fingerprint density at radius 3 is 2.74 bits per heavy atom. The molecule has 1 aromatic carbocycles. The van der Waals surface area contributed by atoms with Gasteiger partial charge in [0.2, 0.25) is 0 Å². The molecule has 0 atom stereocenters. The van der Waals surface area contributed by atoms with Crippen molar-refractivity contribution < 1.29 is 4.74 Å². The molecule has 0 bridgehead atoms. The summed E-state index contributed by atoms with van der Waals surface area (Å²) < 4.78 is 7.06. The molecule has 2 N–H and O–H groups in total. The van der Waals surface area contributed by atoms with Gasteiger partial charge in [0.05, 0.1) is 12.7 Å². The van der Waals surface area contributed by atoms with Crippen LogP contribution in [0.2, 0.25) is 0 Å². The molecule has 1 aromatic heterocycles. The Bertz CT molecular complexity index is 652. The zero-order valence-corrected chi connectivity index (χ0v) is 11.3. The Morgan fingerprint density at radius 2 is 2.21 bits per heavy atom. The Kier molecular flexibility index (Phi) is 3.43. The van der Waals surface area contributed by atoms with Crippen molar-refractivity contribution in [2.75, 3.05) is 12.8 Å². The predicted octanol–water partition coefficient (Wildman–Crippen LogP) is 2.11. The maximum absolute atomic E-state index is 8.99. The van der Waals surface area contributed by atoms with Crippen LogP contribution in [0.5, 0.6) is 5.75 Å². The minimum atomic E-state index is 0.237. The molecular formula is C14H16N4O. The highest BCUT2D eigenvalue weighted by Gasteiger charge is 2.17. The molecule has 0 unspecified atom stereocenters. The van der Waals surface area contributed by atoms with Gasteiger partial charge in [-0.2, -0.15) is 5.26 Å². The van der Waals surface area contributed by atoms with Crippen molar-refractivity contribution in [1.82, 2.24) is 9.55 Å². The number of rotatable bonds is 3. The standard InChI is InChI=1S/C14H16N4O/c1-4-9-5-6-12(19-3)10(7-9)14-17-11(8-15)13(16)18(14)2/h5-7H,4,16H2,1-3H3. The van der Waals surface area contributed by atoms with Crippen LogP contribution in [0.1, 0.15) is 18.2 Å². The van der Waals surface area contributed by atoms with Gasteiger partial charge in [0.15, 0.2) is 5.69 Å². The van der Waals surface area contributed by atoms with Crippen LogP contribution in [0.4, 0.5) is 5.82 Å². The number of imidazole rings is 1. The molecule has 0 amide bonds. The molecular weight excluding hydrogens is 240 g/mol. The summed E-state index contributed by atoms with van der Waals surface area (Å²) in [4.78, 5) is 4.28. The first-order chi connectivity index (χ1) is 9.12. The van der Waals surface area contributed by atoms with Crippen molar-refractivity contribution in [2.24, 2.45) is 7.05 Å². The van der Waals surface area contributed by atoms with Gasteiger partial charge in [-0.05, 0) is 24.1 Å². The average Bonchev–Trinajstić information content (AvgIpc) is 2.74. The third kappa shape index (κ3) is 2.13. The smallest absolute Gasteiger partial charge is 0.183 e. The Morgan fingerprint density at radius 1 is 1.47 bits per heavy atom. The zero-order valence-electron chi connectivity index (χ0n) is 11.3. The van der Waals surface area contributed by atoms with Gasteiger partial charge < -0.3 is 15.0 Å². The fourth-order valence-electron chi connectivity index (χ4n) is 1.98. The fraction of sp³-hybridized carbons (Fsp3) is 0.286. The summed E-state index contributed by atoms with van der Waals surface area (Å²) in [5.41, 5.74) is 8.11. The molecule has 5 heteroatoms. The van der Waals surface area contributed by atoms with Crippen LogP contribution in [-0.4, -0.2) is 16.7 Å². The molecule has 0 spiro atoms. The lowest BCUT2D eigenvalue weighted by Gasteiger charge is -2.10. The maximum atomic E-state index is 8.99. The third-order valence-electron chi connectivity index (χ3n) is 3.16. The van der Waals surface area contributed by atoms with E-state index in [1.165, 1.54) is 5.56 Å². The second-order valence-corrected chi connectivity index (χ2v) is 4.23. The van der Waals surface area contributed by atoms with E-state index in [4.69, 9.17) is 15.7 Å². The molecule has 1 heterocycles. The molecule has 98 valence electrons. The van der Waals surface area contributed by atoms with Gasteiger partial charge in [0.25, 0.3) is 0 Å². The normalized spacial score (nSPS) is 10.2. The highest BCUT2D eigenvalue weighted by Crippen LogP contribution is 2.32. The zero-order chi connectivity index (χ0) is 14.0. The number of benzene rings is 1. The fourth-order valence-corrected chi connectivity index (χ4v) is 1.98. The lowest BCUT2D eigenvalue weighted by Crippen LogP contribution is -2.00. The van der Waals surface area contributed by atoms with E-state index in [1.807, 2.05) is 24.3 Å². The number of nitriles is 1. The van der Waals surface area contributed by atoms with Crippen LogP contribution in [0.3, 0.4) is 0 Å². The van der Waals surface area contributed by atoms with Crippen LogP contribution < -0.4 is 10.5 Å². The van der Waals surface area contributed by atoms with Crippen molar-refractivity contribution in [2.45, 2.75) is 13.3 Å². The Balaban J connectivity index is 2.67. The number of aromatic nitrogens is 2. The molecule has 0 aliphatic rings. The summed E-state index contributed by atoms with van der Waals surface area (Å²) in [7, 11) is 3.40. The highest BCUT2D eigenvalue weighted by atomic mass is 16.5. The second kappa shape index (κ2) is 5.02. The Labute approximate surface area is 112 Å². The topological polar surface area (TPSA) is 76.9 Å².